The van der Waals surface area contributed by atoms with Gasteiger partial charge in [-0.1, -0.05) is 12.1 Å². The van der Waals surface area contributed by atoms with Crippen LogP contribution >= 0.6 is 0 Å². The van der Waals surface area contributed by atoms with Crippen molar-refractivity contribution in [1.29, 1.82) is 0 Å². The second kappa shape index (κ2) is 10.1. The molecule has 0 spiro atoms. The van der Waals surface area contributed by atoms with Crippen LogP contribution in [0.5, 0.6) is 0 Å². The minimum Gasteiger partial charge on any atom is -0.459 e. The molecule has 2 aromatic carbocycles. The second-order valence-electron chi connectivity index (χ2n) is 7.56. The Kier molecular flexibility index (Phi) is 7.28. The minimum absolute atomic E-state index is 0.00852. The zero-order chi connectivity index (χ0) is 22.4. The largest absolute Gasteiger partial charge is 0.459 e. The van der Waals surface area contributed by atoms with Crippen LogP contribution in [0.4, 0.5) is 4.39 Å². The molecule has 1 heterocycles. The van der Waals surface area contributed by atoms with Gasteiger partial charge in [0.2, 0.25) is 0 Å². The van der Waals surface area contributed by atoms with Crippen molar-refractivity contribution in [2.24, 2.45) is 4.99 Å². The van der Waals surface area contributed by atoms with Crippen molar-refractivity contribution in [3.8, 4) is 0 Å². The predicted octanol–water partition coefficient (Wildman–Crippen LogP) is 3.88. The van der Waals surface area contributed by atoms with E-state index in [1.807, 2.05) is 38.1 Å². The Balaban J connectivity index is 1.64. The first-order valence-electron chi connectivity index (χ1n) is 10.4. The molecule has 1 amide bonds. The number of amides is 1. The summed E-state index contributed by atoms with van der Waals surface area (Å²) in [6.45, 7) is 5.66. The molecule has 3 rings (SSSR count). The third kappa shape index (κ3) is 5.63. The van der Waals surface area contributed by atoms with E-state index in [1.165, 1.54) is 12.1 Å². The van der Waals surface area contributed by atoms with Gasteiger partial charge in [-0.15, -0.1) is 0 Å². The Hall–Kier alpha value is -3.35. The van der Waals surface area contributed by atoms with Gasteiger partial charge in [0.25, 0.3) is 5.91 Å². The first-order valence-corrected chi connectivity index (χ1v) is 10.4. The van der Waals surface area contributed by atoms with E-state index in [2.05, 4.69) is 15.6 Å². The van der Waals surface area contributed by atoms with E-state index in [4.69, 9.17) is 4.42 Å². The number of guanidine groups is 1. The van der Waals surface area contributed by atoms with Gasteiger partial charge in [0.05, 0.1) is 0 Å². The molecule has 0 atom stereocenters. The van der Waals surface area contributed by atoms with E-state index >= 15 is 0 Å². The summed E-state index contributed by atoms with van der Waals surface area (Å²) in [5.41, 5.74) is 3.32. The third-order valence-electron chi connectivity index (χ3n) is 5.01. The molecule has 6 nitrogen and oxygen atoms in total. The fourth-order valence-corrected chi connectivity index (χ4v) is 3.33. The number of carbonyl (C=O) groups is 1. The van der Waals surface area contributed by atoms with Crippen LogP contribution in [0.1, 0.15) is 34.2 Å². The van der Waals surface area contributed by atoms with E-state index in [0.29, 0.717) is 36.0 Å². The van der Waals surface area contributed by atoms with Crippen LogP contribution in [0.3, 0.4) is 0 Å². The highest BCUT2D eigenvalue weighted by molar-refractivity contribution is 5.94. The van der Waals surface area contributed by atoms with Gasteiger partial charge in [0.1, 0.15) is 23.7 Å². The van der Waals surface area contributed by atoms with Crippen molar-refractivity contribution in [2.45, 2.75) is 26.8 Å². The molecule has 164 valence electrons. The summed E-state index contributed by atoms with van der Waals surface area (Å²) in [6, 6.07) is 12.2. The second-order valence-corrected chi connectivity index (χ2v) is 7.56. The number of nitrogens with one attached hydrogen (secondary N) is 2. The predicted molar refractivity (Wildman–Crippen MR) is 122 cm³/mol. The van der Waals surface area contributed by atoms with Gasteiger partial charge in [-0.2, -0.15) is 0 Å². The molecule has 0 aliphatic carbocycles. The van der Waals surface area contributed by atoms with E-state index in [-0.39, 0.29) is 11.7 Å². The third-order valence-corrected chi connectivity index (χ3v) is 5.01. The molecule has 2 N–H and O–H groups in total. The van der Waals surface area contributed by atoms with Crippen LogP contribution in [-0.4, -0.2) is 44.0 Å². The number of hydrogen-bond donors (Lipinski definition) is 2. The lowest BCUT2D eigenvalue weighted by molar-refractivity contribution is 0.0827. The fraction of sp³-hybridized carbons (Fsp3) is 0.333. The number of benzene rings is 2. The maximum Gasteiger partial charge on any atom is 0.253 e. The quantitative estimate of drug-likeness (QED) is 0.446. The van der Waals surface area contributed by atoms with Crippen LogP contribution < -0.4 is 10.6 Å². The van der Waals surface area contributed by atoms with Gasteiger partial charge >= 0.3 is 0 Å². The van der Waals surface area contributed by atoms with Crippen molar-refractivity contribution in [1.82, 2.24) is 15.5 Å². The number of halogens is 1. The Bertz CT molecular complexity index is 1090. The molecular formula is C24H29FN4O2. The minimum atomic E-state index is -0.280. The summed E-state index contributed by atoms with van der Waals surface area (Å²) >= 11 is 0. The Morgan fingerprint density at radius 2 is 1.97 bits per heavy atom. The lowest BCUT2D eigenvalue weighted by atomic mass is 10.1. The fourth-order valence-electron chi connectivity index (χ4n) is 3.33. The van der Waals surface area contributed by atoms with Gasteiger partial charge in [0, 0.05) is 43.7 Å². The van der Waals surface area contributed by atoms with Crippen LogP contribution in [0.15, 0.2) is 51.9 Å². The summed E-state index contributed by atoms with van der Waals surface area (Å²) in [5, 5.41) is 7.31. The molecule has 0 saturated heterocycles. The summed E-state index contributed by atoms with van der Waals surface area (Å²) in [7, 11) is 3.49. The van der Waals surface area contributed by atoms with Gasteiger partial charge in [-0.05, 0) is 56.2 Å². The first kappa shape index (κ1) is 22.3. The molecule has 0 bridgehead atoms. The van der Waals surface area contributed by atoms with E-state index in [0.717, 1.165) is 29.5 Å². The van der Waals surface area contributed by atoms with E-state index < -0.39 is 0 Å². The normalized spacial score (nSPS) is 11.6. The van der Waals surface area contributed by atoms with Gasteiger partial charge in [-0.25, -0.2) is 9.38 Å². The molecule has 31 heavy (non-hydrogen) atoms. The van der Waals surface area contributed by atoms with E-state index in [1.54, 1.807) is 25.1 Å². The monoisotopic (exact) mass is 424 g/mol. The maximum absolute atomic E-state index is 13.5. The number of aryl methyl sites for hydroxylation is 1. The standard InChI is InChI=1S/C24H29FN4O2/c1-5-26-24(27-12-11-17-7-6-8-18(13-17)23(30)29(3)4)28-15-22-16(2)20-14-19(25)9-10-21(20)31-22/h6-10,13-14H,5,11-12,15H2,1-4H3,(H2,26,27,28). The van der Waals surface area contributed by atoms with Crippen LogP contribution in [0.2, 0.25) is 0 Å². The van der Waals surface area contributed by atoms with Gasteiger partial charge < -0.3 is 20.0 Å². The topological polar surface area (TPSA) is 69.9 Å². The van der Waals surface area contributed by atoms with Gasteiger partial charge in [-0.3, -0.25) is 4.79 Å². The number of hydrogen-bond acceptors (Lipinski definition) is 3. The zero-order valence-corrected chi connectivity index (χ0v) is 18.5. The SMILES string of the molecule is CCNC(=NCc1oc2ccc(F)cc2c1C)NCCc1cccc(C(=O)N(C)C)c1. The van der Waals surface area contributed by atoms with Crippen molar-refractivity contribution < 1.29 is 13.6 Å². The number of furan rings is 1. The number of aliphatic imine (C=N–C) groups is 1. The Labute approximate surface area is 182 Å². The molecule has 0 radical (unpaired) electrons. The summed E-state index contributed by atoms with van der Waals surface area (Å²) in [6.07, 6.45) is 0.752. The molecule has 0 saturated carbocycles. The van der Waals surface area contributed by atoms with Crippen molar-refractivity contribution >= 4 is 22.8 Å². The Morgan fingerprint density at radius 1 is 1.16 bits per heavy atom. The summed E-state index contributed by atoms with van der Waals surface area (Å²) in [5.74, 6) is 1.10. The van der Waals surface area contributed by atoms with Crippen LogP contribution in [0.25, 0.3) is 11.0 Å². The average Bonchev–Trinajstić information content (AvgIpc) is 3.06. The number of carbonyl (C=O) groups excluding carboxylic acids is 1. The molecule has 0 aliphatic rings. The molecule has 7 heteroatoms. The Morgan fingerprint density at radius 3 is 2.71 bits per heavy atom. The molecular weight excluding hydrogens is 395 g/mol. The van der Waals surface area contributed by atoms with Crippen molar-refractivity contribution in [2.75, 3.05) is 27.2 Å². The lowest BCUT2D eigenvalue weighted by Gasteiger charge is -2.13. The van der Waals surface area contributed by atoms with E-state index in [9.17, 15) is 9.18 Å². The highest BCUT2D eigenvalue weighted by Gasteiger charge is 2.11. The molecule has 0 unspecified atom stereocenters. The number of fused-ring (bicyclic) bond motifs is 1. The van der Waals surface area contributed by atoms with Crippen LogP contribution in [-0.2, 0) is 13.0 Å². The first-order chi connectivity index (χ1) is 14.9. The number of rotatable bonds is 7. The molecule has 1 aromatic heterocycles. The van der Waals surface area contributed by atoms with Gasteiger partial charge in [0.15, 0.2) is 5.96 Å². The van der Waals surface area contributed by atoms with Crippen molar-refractivity contribution in [3.63, 3.8) is 0 Å². The summed E-state index contributed by atoms with van der Waals surface area (Å²) in [4.78, 5) is 18.3. The maximum atomic E-state index is 13.5. The smallest absolute Gasteiger partial charge is 0.253 e. The molecule has 3 aromatic rings. The highest BCUT2D eigenvalue weighted by Crippen LogP contribution is 2.26. The molecule has 0 fully saturated rings. The number of nitrogens with zero attached hydrogens (tertiary/aromatic N) is 2. The average molecular weight is 425 g/mol. The van der Waals surface area contributed by atoms with Crippen LogP contribution in [0, 0.1) is 12.7 Å². The molecule has 0 aliphatic heterocycles. The van der Waals surface area contributed by atoms with Crippen molar-refractivity contribution in [3.05, 3.63) is 70.7 Å². The lowest BCUT2D eigenvalue weighted by Crippen LogP contribution is -2.38. The highest BCUT2D eigenvalue weighted by atomic mass is 19.1. The summed E-state index contributed by atoms with van der Waals surface area (Å²) < 4.78 is 19.4. The zero-order valence-electron chi connectivity index (χ0n) is 18.5.